The lowest BCUT2D eigenvalue weighted by molar-refractivity contribution is 0.578. The summed E-state index contributed by atoms with van der Waals surface area (Å²) < 4.78 is 25.5. The molecular weight excluding hydrogens is 236 g/mol. The van der Waals surface area contributed by atoms with Crippen molar-refractivity contribution in [3.05, 3.63) is 48.3 Å². The van der Waals surface area contributed by atoms with E-state index < -0.39 is 9.84 Å². The number of imidazole rings is 1. The molecule has 0 fully saturated rings. The zero-order chi connectivity index (χ0) is 12.3. The molecule has 0 bridgehead atoms. The van der Waals surface area contributed by atoms with Crippen LogP contribution in [-0.2, 0) is 23.3 Å². The molecule has 0 aliphatic carbocycles. The Balaban J connectivity index is 2.12. The molecule has 17 heavy (non-hydrogen) atoms. The van der Waals surface area contributed by atoms with Crippen molar-refractivity contribution in [3.63, 3.8) is 0 Å². The highest BCUT2D eigenvalue weighted by molar-refractivity contribution is 7.91. The molecule has 1 aromatic heterocycles. The Kier molecular flexibility index (Phi) is 3.28. The molecule has 0 radical (unpaired) electrons. The Morgan fingerprint density at radius 3 is 2.53 bits per heavy atom. The van der Waals surface area contributed by atoms with Crippen LogP contribution in [-0.4, -0.2) is 23.7 Å². The fourth-order valence-corrected chi connectivity index (χ4v) is 3.05. The van der Waals surface area contributed by atoms with Crippen molar-refractivity contribution in [1.82, 2.24) is 9.55 Å². The van der Waals surface area contributed by atoms with Crippen molar-refractivity contribution < 1.29 is 8.42 Å². The Bertz CT molecular complexity index is 588. The highest BCUT2D eigenvalue weighted by Gasteiger charge is 2.18. The number of aromatic nitrogens is 2. The fraction of sp³-hybridized carbons (Fsp3) is 0.250. The number of sulfone groups is 1. The normalized spacial score (nSPS) is 11.6. The van der Waals surface area contributed by atoms with E-state index in [-0.39, 0.29) is 10.9 Å². The molecule has 2 aromatic rings. The van der Waals surface area contributed by atoms with Gasteiger partial charge in [-0.2, -0.15) is 0 Å². The molecule has 5 heteroatoms. The van der Waals surface area contributed by atoms with Crippen molar-refractivity contribution in [3.8, 4) is 0 Å². The van der Waals surface area contributed by atoms with Crippen LogP contribution in [0.5, 0.6) is 0 Å². The van der Waals surface area contributed by atoms with E-state index in [1.165, 1.54) is 10.8 Å². The maximum Gasteiger partial charge on any atom is 0.227 e. The number of nitrogens with zero attached hydrogens (tertiary/aromatic N) is 2. The van der Waals surface area contributed by atoms with E-state index in [1.807, 2.05) is 30.3 Å². The van der Waals surface area contributed by atoms with Gasteiger partial charge in [-0.1, -0.05) is 30.3 Å². The quantitative estimate of drug-likeness (QED) is 0.825. The summed E-state index contributed by atoms with van der Waals surface area (Å²) in [5, 5.41) is 0.133. The minimum absolute atomic E-state index is 0.0852. The Hall–Kier alpha value is -1.62. The minimum atomic E-state index is -3.29. The zero-order valence-electron chi connectivity index (χ0n) is 9.57. The fourth-order valence-electron chi connectivity index (χ4n) is 1.64. The number of benzene rings is 1. The summed E-state index contributed by atoms with van der Waals surface area (Å²) in [6.45, 7) is 0. The van der Waals surface area contributed by atoms with Gasteiger partial charge in [0.1, 0.15) is 0 Å². The summed E-state index contributed by atoms with van der Waals surface area (Å²) in [5.74, 6) is 0.0852. The third-order valence-corrected chi connectivity index (χ3v) is 4.25. The zero-order valence-corrected chi connectivity index (χ0v) is 10.4. The molecule has 0 unspecified atom stereocenters. The van der Waals surface area contributed by atoms with Gasteiger partial charge in [0.05, 0.1) is 5.75 Å². The van der Waals surface area contributed by atoms with Crippen molar-refractivity contribution in [2.45, 2.75) is 11.6 Å². The predicted molar refractivity (Wildman–Crippen MR) is 65.4 cm³/mol. The van der Waals surface area contributed by atoms with Crippen molar-refractivity contribution in [1.29, 1.82) is 0 Å². The summed E-state index contributed by atoms with van der Waals surface area (Å²) in [4.78, 5) is 3.87. The smallest absolute Gasteiger partial charge is 0.227 e. The van der Waals surface area contributed by atoms with E-state index in [0.717, 1.165) is 5.56 Å². The van der Waals surface area contributed by atoms with E-state index in [9.17, 15) is 8.42 Å². The number of aryl methyl sites for hydroxylation is 2. The van der Waals surface area contributed by atoms with Gasteiger partial charge in [-0.05, 0) is 12.0 Å². The lowest BCUT2D eigenvalue weighted by Gasteiger charge is -2.04. The second kappa shape index (κ2) is 4.71. The summed E-state index contributed by atoms with van der Waals surface area (Å²) in [6, 6.07) is 9.57. The molecule has 2 rings (SSSR count). The van der Waals surface area contributed by atoms with Gasteiger partial charge >= 0.3 is 0 Å². The second-order valence-corrected chi connectivity index (χ2v) is 5.88. The van der Waals surface area contributed by atoms with Crippen LogP contribution in [0, 0.1) is 0 Å². The summed E-state index contributed by atoms with van der Waals surface area (Å²) in [7, 11) is -1.61. The third-order valence-electron chi connectivity index (χ3n) is 2.56. The molecule has 0 aliphatic heterocycles. The summed E-state index contributed by atoms with van der Waals surface area (Å²) in [6.07, 6.45) is 3.64. The summed E-state index contributed by atoms with van der Waals surface area (Å²) >= 11 is 0. The first-order chi connectivity index (χ1) is 8.09. The Morgan fingerprint density at radius 2 is 1.94 bits per heavy atom. The molecule has 90 valence electrons. The van der Waals surface area contributed by atoms with Gasteiger partial charge < -0.3 is 4.57 Å². The van der Waals surface area contributed by atoms with E-state index in [1.54, 1.807) is 13.2 Å². The second-order valence-electron chi connectivity index (χ2n) is 3.88. The third kappa shape index (κ3) is 2.74. The van der Waals surface area contributed by atoms with Gasteiger partial charge in [0.2, 0.25) is 15.0 Å². The van der Waals surface area contributed by atoms with Crippen LogP contribution in [0.25, 0.3) is 0 Å². The molecule has 0 N–H and O–H groups in total. The number of hydrogen-bond donors (Lipinski definition) is 0. The van der Waals surface area contributed by atoms with Gasteiger partial charge in [-0.15, -0.1) is 0 Å². The van der Waals surface area contributed by atoms with E-state index in [4.69, 9.17) is 0 Å². The van der Waals surface area contributed by atoms with Crippen molar-refractivity contribution in [2.24, 2.45) is 7.05 Å². The predicted octanol–water partition coefficient (Wildman–Crippen LogP) is 1.44. The van der Waals surface area contributed by atoms with Gasteiger partial charge in [0.25, 0.3) is 0 Å². The van der Waals surface area contributed by atoms with Crippen LogP contribution < -0.4 is 0 Å². The molecule has 1 heterocycles. The number of hydrogen-bond acceptors (Lipinski definition) is 3. The van der Waals surface area contributed by atoms with Crippen LogP contribution in [0.2, 0.25) is 0 Å². The molecule has 0 spiro atoms. The maximum absolute atomic E-state index is 12.0. The molecule has 0 saturated carbocycles. The topological polar surface area (TPSA) is 52.0 Å². The average molecular weight is 250 g/mol. The highest BCUT2D eigenvalue weighted by atomic mass is 32.2. The van der Waals surface area contributed by atoms with Gasteiger partial charge in [0, 0.05) is 19.4 Å². The minimum Gasteiger partial charge on any atom is -0.325 e. The van der Waals surface area contributed by atoms with Gasteiger partial charge in [-0.3, -0.25) is 0 Å². The molecule has 0 atom stereocenters. The van der Waals surface area contributed by atoms with E-state index in [2.05, 4.69) is 4.98 Å². The maximum atomic E-state index is 12.0. The first-order valence-corrected chi connectivity index (χ1v) is 6.99. The number of rotatable bonds is 4. The van der Waals surface area contributed by atoms with Crippen LogP contribution in [0.4, 0.5) is 0 Å². The molecule has 1 aromatic carbocycles. The highest BCUT2D eigenvalue weighted by Crippen LogP contribution is 2.10. The molecule has 4 nitrogen and oxygen atoms in total. The van der Waals surface area contributed by atoms with Crippen molar-refractivity contribution in [2.75, 3.05) is 5.75 Å². The first kappa shape index (κ1) is 11.9. The Labute approximate surface area is 101 Å². The first-order valence-electron chi connectivity index (χ1n) is 5.33. The molecule has 0 saturated heterocycles. The van der Waals surface area contributed by atoms with Crippen LogP contribution in [0.3, 0.4) is 0 Å². The van der Waals surface area contributed by atoms with Crippen LogP contribution in [0.1, 0.15) is 5.56 Å². The summed E-state index contributed by atoms with van der Waals surface area (Å²) in [5.41, 5.74) is 1.02. The molecule has 0 aliphatic rings. The standard InChI is InChI=1S/C12H14N2O2S/c1-14-9-8-13-12(14)17(15,16)10-7-11-5-3-2-4-6-11/h2-6,8-9H,7,10H2,1H3. The molecule has 0 amide bonds. The average Bonchev–Trinajstić information content (AvgIpc) is 2.75. The van der Waals surface area contributed by atoms with Gasteiger partial charge in [-0.25, -0.2) is 13.4 Å². The van der Waals surface area contributed by atoms with E-state index >= 15 is 0 Å². The van der Waals surface area contributed by atoms with Gasteiger partial charge in [0.15, 0.2) is 0 Å². The Morgan fingerprint density at radius 1 is 1.24 bits per heavy atom. The van der Waals surface area contributed by atoms with Crippen molar-refractivity contribution >= 4 is 9.84 Å². The SMILES string of the molecule is Cn1ccnc1S(=O)(=O)CCc1ccccc1. The monoisotopic (exact) mass is 250 g/mol. The largest absolute Gasteiger partial charge is 0.325 e. The van der Waals surface area contributed by atoms with E-state index in [0.29, 0.717) is 6.42 Å². The lowest BCUT2D eigenvalue weighted by Crippen LogP contribution is -2.13. The van der Waals surface area contributed by atoms with Crippen LogP contribution in [0.15, 0.2) is 47.9 Å². The lowest BCUT2D eigenvalue weighted by atomic mass is 10.2. The molecular formula is C12H14N2O2S. The van der Waals surface area contributed by atoms with Crippen LogP contribution >= 0.6 is 0 Å².